The Morgan fingerprint density at radius 3 is 2.88 bits per heavy atom. The van der Waals surface area contributed by atoms with Gasteiger partial charge in [-0.15, -0.1) is 0 Å². The van der Waals surface area contributed by atoms with Crippen molar-refractivity contribution >= 4 is 11.9 Å². The Morgan fingerprint density at radius 1 is 1.53 bits per heavy atom. The highest BCUT2D eigenvalue weighted by atomic mass is 16.6. The summed E-state index contributed by atoms with van der Waals surface area (Å²) in [6.45, 7) is 7.65. The average molecular weight is 238 g/mol. The van der Waals surface area contributed by atoms with Crippen molar-refractivity contribution in [3.63, 3.8) is 0 Å². The van der Waals surface area contributed by atoms with Gasteiger partial charge in [-0.05, 0) is 25.7 Å². The highest BCUT2D eigenvalue weighted by molar-refractivity contribution is 5.87. The zero-order valence-electron chi connectivity index (χ0n) is 10.3. The number of esters is 2. The van der Waals surface area contributed by atoms with Gasteiger partial charge in [0.15, 0.2) is 0 Å². The third-order valence-electron chi connectivity index (χ3n) is 3.73. The molecule has 4 unspecified atom stereocenters. The van der Waals surface area contributed by atoms with E-state index < -0.39 is 0 Å². The summed E-state index contributed by atoms with van der Waals surface area (Å²) in [4.78, 5) is 23.2. The molecule has 0 radical (unpaired) electrons. The predicted molar refractivity (Wildman–Crippen MR) is 61.0 cm³/mol. The van der Waals surface area contributed by atoms with Crippen LogP contribution < -0.4 is 0 Å². The first-order valence-electron chi connectivity index (χ1n) is 6.04. The van der Waals surface area contributed by atoms with Gasteiger partial charge in [0.1, 0.15) is 6.10 Å². The van der Waals surface area contributed by atoms with Crippen molar-refractivity contribution in [3.05, 3.63) is 12.2 Å². The molecule has 1 saturated carbocycles. The van der Waals surface area contributed by atoms with E-state index in [4.69, 9.17) is 9.47 Å². The van der Waals surface area contributed by atoms with Gasteiger partial charge in [0.2, 0.25) is 0 Å². The van der Waals surface area contributed by atoms with Crippen LogP contribution in [0, 0.1) is 17.8 Å². The van der Waals surface area contributed by atoms with Gasteiger partial charge in [0.05, 0.1) is 12.5 Å². The molecule has 2 rings (SSSR count). The van der Waals surface area contributed by atoms with Crippen LogP contribution >= 0.6 is 0 Å². The molecule has 2 aliphatic rings. The quantitative estimate of drug-likeness (QED) is 0.542. The van der Waals surface area contributed by atoms with Crippen LogP contribution in [0.4, 0.5) is 0 Å². The third-order valence-corrected chi connectivity index (χ3v) is 3.73. The van der Waals surface area contributed by atoms with Crippen LogP contribution in [0.5, 0.6) is 0 Å². The molecule has 0 bridgehead atoms. The Morgan fingerprint density at radius 2 is 2.24 bits per heavy atom. The Labute approximate surface area is 101 Å². The standard InChI is InChI=1S/C13H18O4/c1-7(2)12(14)17-10-6-8(3)11-9(10)4-5-16-13(11)15/h8-11H,1,4-6H2,2-3H3. The van der Waals surface area contributed by atoms with Crippen molar-refractivity contribution in [2.45, 2.75) is 32.8 Å². The number of carbonyl (C=O) groups is 2. The molecule has 1 heterocycles. The molecule has 1 aliphatic heterocycles. The van der Waals surface area contributed by atoms with Gasteiger partial charge in [-0.1, -0.05) is 13.5 Å². The first kappa shape index (κ1) is 12.1. The molecule has 4 heteroatoms. The fourth-order valence-electron chi connectivity index (χ4n) is 2.88. The van der Waals surface area contributed by atoms with Crippen molar-refractivity contribution in [2.24, 2.45) is 17.8 Å². The van der Waals surface area contributed by atoms with Gasteiger partial charge in [-0.2, -0.15) is 0 Å². The van der Waals surface area contributed by atoms with Gasteiger partial charge >= 0.3 is 11.9 Å². The molecule has 94 valence electrons. The van der Waals surface area contributed by atoms with Gasteiger partial charge in [-0.3, -0.25) is 4.79 Å². The molecular weight excluding hydrogens is 220 g/mol. The fourth-order valence-corrected chi connectivity index (χ4v) is 2.88. The minimum atomic E-state index is -0.359. The van der Waals surface area contributed by atoms with E-state index in [0.29, 0.717) is 12.2 Å². The maximum Gasteiger partial charge on any atom is 0.333 e. The molecule has 0 aromatic carbocycles. The summed E-state index contributed by atoms with van der Waals surface area (Å²) in [7, 11) is 0. The molecular formula is C13H18O4. The summed E-state index contributed by atoms with van der Waals surface area (Å²) >= 11 is 0. The van der Waals surface area contributed by atoms with E-state index in [1.807, 2.05) is 6.92 Å². The van der Waals surface area contributed by atoms with Crippen LogP contribution in [-0.2, 0) is 19.1 Å². The van der Waals surface area contributed by atoms with E-state index >= 15 is 0 Å². The topological polar surface area (TPSA) is 52.6 Å². The third kappa shape index (κ3) is 2.21. The smallest absolute Gasteiger partial charge is 0.333 e. The molecule has 17 heavy (non-hydrogen) atoms. The molecule has 1 saturated heterocycles. The number of ether oxygens (including phenoxy) is 2. The van der Waals surface area contributed by atoms with E-state index in [1.54, 1.807) is 6.92 Å². The Kier molecular flexibility index (Phi) is 3.22. The van der Waals surface area contributed by atoms with Gasteiger partial charge in [-0.25, -0.2) is 4.79 Å². The first-order chi connectivity index (χ1) is 8.00. The summed E-state index contributed by atoms with van der Waals surface area (Å²) in [6, 6.07) is 0. The van der Waals surface area contributed by atoms with Crippen LogP contribution in [0.1, 0.15) is 26.7 Å². The van der Waals surface area contributed by atoms with Crippen LogP contribution in [0.2, 0.25) is 0 Å². The predicted octanol–water partition coefficient (Wildman–Crippen LogP) is 1.69. The highest BCUT2D eigenvalue weighted by Gasteiger charge is 2.49. The number of hydrogen-bond acceptors (Lipinski definition) is 4. The molecule has 0 amide bonds. The summed E-state index contributed by atoms with van der Waals surface area (Å²) in [5.41, 5.74) is 0.402. The molecule has 2 fully saturated rings. The zero-order chi connectivity index (χ0) is 12.6. The second kappa shape index (κ2) is 4.51. The maximum atomic E-state index is 11.7. The van der Waals surface area contributed by atoms with Crippen molar-refractivity contribution in [1.82, 2.24) is 0 Å². The van der Waals surface area contributed by atoms with Crippen LogP contribution in [-0.4, -0.2) is 24.6 Å². The molecule has 4 nitrogen and oxygen atoms in total. The Balaban J connectivity index is 2.08. The number of hydrogen-bond donors (Lipinski definition) is 0. The Hall–Kier alpha value is -1.32. The molecule has 0 N–H and O–H groups in total. The van der Waals surface area contributed by atoms with Crippen LogP contribution in [0.3, 0.4) is 0 Å². The molecule has 4 atom stereocenters. The second-order valence-electron chi connectivity index (χ2n) is 5.08. The summed E-state index contributed by atoms with van der Waals surface area (Å²) in [6.07, 6.45) is 1.37. The molecule has 0 aromatic heterocycles. The lowest BCUT2D eigenvalue weighted by atomic mass is 9.86. The number of rotatable bonds is 2. The maximum absolute atomic E-state index is 11.7. The summed E-state index contributed by atoms with van der Waals surface area (Å²) in [5.74, 6) is -0.263. The van der Waals surface area contributed by atoms with Gasteiger partial charge in [0, 0.05) is 11.5 Å². The second-order valence-corrected chi connectivity index (χ2v) is 5.08. The van der Waals surface area contributed by atoms with Crippen LogP contribution in [0.25, 0.3) is 0 Å². The normalized spacial score (nSPS) is 36.0. The zero-order valence-corrected chi connectivity index (χ0v) is 10.3. The summed E-state index contributed by atoms with van der Waals surface area (Å²) in [5, 5.41) is 0. The fraction of sp³-hybridized carbons (Fsp3) is 0.692. The van der Waals surface area contributed by atoms with E-state index in [2.05, 4.69) is 6.58 Å². The lowest BCUT2D eigenvalue weighted by Crippen LogP contribution is -2.36. The molecule has 1 aliphatic carbocycles. The number of cyclic esters (lactones) is 1. The van der Waals surface area contributed by atoms with Crippen molar-refractivity contribution in [2.75, 3.05) is 6.61 Å². The molecule has 0 aromatic rings. The number of carbonyl (C=O) groups excluding carboxylic acids is 2. The van der Waals surface area contributed by atoms with Crippen LogP contribution in [0.15, 0.2) is 12.2 Å². The van der Waals surface area contributed by atoms with Gasteiger partial charge < -0.3 is 9.47 Å². The van der Waals surface area contributed by atoms with E-state index in [9.17, 15) is 9.59 Å². The first-order valence-corrected chi connectivity index (χ1v) is 6.04. The van der Waals surface area contributed by atoms with Crippen molar-refractivity contribution in [1.29, 1.82) is 0 Å². The molecule has 0 spiro atoms. The van der Waals surface area contributed by atoms with Crippen molar-refractivity contribution < 1.29 is 19.1 Å². The largest absolute Gasteiger partial charge is 0.465 e. The minimum absolute atomic E-state index is 0.105. The van der Waals surface area contributed by atoms with Gasteiger partial charge in [0.25, 0.3) is 0 Å². The SMILES string of the molecule is C=C(C)C(=O)OC1CC(C)C2C(=O)OCCC12. The van der Waals surface area contributed by atoms with E-state index in [-0.39, 0.29) is 35.8 Å². The lowest BCUT2D eigenvalue weighted by molar-refractivity contribution is -0.162. The lowest BCUT2D eigenvalue weighted by Gasteiger charge is -2.28. The highest BCUT2D eigenvalue weighted by Crippen LogP contribution is 2.43. The monoisotopic (exact) mass is 238 g/mol. The Bertz CT molecular complexity index is 360. The van der Waals surface area contributed by atoms with E-state index in [1.165, 1.54) is 0 Å². The van der Waals surface area contributed by atoms with E-state index in [0.717, 1.165) is 12.8 Å². The van der Waals surface area contributed by atoms with Crippen molar-refractivity contribution in [3.8, 4) is 0 Å². The average Bonchev–Trinajstić information content (AvgIpc) is 2.57. The minimum Gasteiger partial charge on any atom is -0.465 e. The summed E-state index contributed by atoms with van der Waals surface area (Å²) < 4.78 is 10.5. The number of fused-ring (bicyclic) bond motifs is 1.